The molecule has 27 heavy (non-hydrogen) atoms. The number of aromatic nitrogens is 3. The third-order valence-electron chi connectivity index (χ3n) is 3.57. The Labute approximate surface area is 161 Å². The summed E-state index contributed by atoms with van der Waals surface area (Å²) in [5.41, 5.74) is 0.679. The van der Waals surface area contributed by atoms with Crippen molar-refractivity contribution < 1.29 is 27.2 Å². The summed E-state index contributed by atoms with van der Waals surface area (Å²) in [6.07, 6.45) is -1.73. The van der Waals surface area contributed by atoms with Crippen LogP contribution in [-0.4, -0.2) is 45.0 Å². The number of alkyl halides is 3. The van der Waals surface area contributed by atoms with Gasteiger partial charge in [0.15, 0.2) is 11.3 Å². The van der Waals surface area contributed by atoms with Gasteiger partial charge in [0.2, 0.25) is 12.1 Å². The molecule has 0 aliphatic heterocycles. The zero-order chi connectivity index (χ0) is 20.2. The van der Waals surface area contributed by atoms with Crippen LogP contribution in [0.5, 0.6) is 0 Å². The monoisotopic (exact) mass is 424 g/mol. The van der Waals surface area contributed by atoms with Crippen LogP contribution in [0.1, 0.15) is 12.8 Å². The molecular formula is C15H16ClF3N4O3S. The lowest BCUT2D eigenvalue weighted by molar-refractivity contribution is -0.605. The van der Waals surface area contributed by atoms with E-state index in [1.165, 1.54) is 41.3 Å². The fraction of sp³-hybridized carbons (Fsp3) is 0.400. The first kappa shape index (κ1) is 21.3. The third-order valence-corrected chi connectivity index (χ3v) is 5.16. The van der Waals surface area contributed by atoms with Crippen molar-refractivity contribution in [3.8, 4) is 5.69 Å². The minimum absolute atomic E-state index is 0.00495. The van der Waals surface area contributed by atoms with Gasteiger partial charge in [0.1, 0.15) is 22.9 Å². The van der Waals surface area contributed by atoms with Crippen molar-refractivity contribution in [1.29, 1.82) is 0 Å². The van der Waals surface area contributed by atoms with Crippen molar-refractivity contribution >= 4 is 34.4 Å². The molecule has 2 heterocycles. The molecule has 148 valence electrons. The fourth-order valence-corrected chi connectivity index (χ4v) is 3.44. The van der Waals surface area contributed by atoms with E-state index in [1.54, 1.807) is 6.07 Å². The second-order valence-electron chi connectivity index (χ2n) is 5.59. The van der Waals surface area contributed by atoms with Gasteiger partial charge >= 0.3 is 6.18 Å². The quantitative estimate of drug-likeness (QED) is 0.387. The van der Waals surface area contributed by atoms with Gasteiger partial charge in [0, 0.05) is 13.1 Å². The largest absolute Gasteiger partial charge is 0.619 e. The number of rotatable bonds is 7. The van der Waals surface area contributed by atoms with Gasteiger partial charge in [-0.05, 0) is 6.07 Å². The van der Waals surface area contributed by atoms with Crippen LogP contribution < -0.4 is 9.63 Å². The first-order chi connectivity index (χ1) is 12.6. The smallest absolute Gasteiger partial charge is 0.393 e. The number of hydrogen-bond donors (Lipinski definition) is 0. The second-order valence-corrected chi connectivity index (χ2v) is 7.64. The van der Waals surface area contributed by atoms with Gasteiger partial charge in [-0.1, -0.05) is 22.8 Å². The Morgan fingerprint density at radius 1 is 1.44 bits per heavy atom. The number of carbonyl (C=O) groups is 1. The number of hydrogen-bond acceptors (Lipinski definition) is 4. The maximum atomic E-state index is 12.2. The van der Waals surface area contributed by atoms with E-state index in [0.717, 1.165) is 0 Å². The Bertz CT molecular complexity index is 803. The minimum atomic E-state index is -4.38. The average Bonchev–Trinajstić information content (AvgIpc) is 2.98. The highest BCUT2D eigenvalue weighted by atomic mass is 35.5. The van der Waals surface area contributed by atoms with E-state index in [0.29, 0.717) is 10.4 Å². The Kier molecular flexibility index (Phi) is 6.95. The predicted octanol–water partition coefficient (Wildman–Crippen LogP) is 2.21. The molecule has 0 bridgehead atoms. The van der Waals surface area contributed by atoms with Crippen LogP contribution in [0.15, 0.2) is 30.7 Å². The van der Waals surface area contributed by atoms with Crippen LogP contribution >= 0.6 is 11.6 Å². The number of anilines is 1. The Morgan fingerprint density at radius 3 is 2.78 bits per heavy atom. The van der Waals surface area contributed by atoms with Gasteiger partial charge in [0.05, 0.1) is 19.0 Å². The van der Waals surface area contributed by atoms with Crippen molar-refractivity contribution in [3.05, 3.63) is 41.1 Å². The summed E-state index contributed by atoms with van der Waals surface area (Å²) in [7, 11) is 1.42. The lowest BCUT2D eigenvalue weighted by Crippen LogP contribution is -2.29. The molecule has 1 unspecified atom stereocenters. The molecule has 0 N–H and O–H groups in total. The highest BCUT2D eigenvalue weighted by Crippen LogP contribution is 2.25. The summed E-state index contributed by atoms with van der Waals surface area (Å²) in [6.45, 7) is 0. The number of carbonyl (C=O) groups excluding carboxylic acids is 1. The zero-order valence-electron chi connectivity index (χ0n) is 14.1. The van der Waals surface area contributed by atoms with E-state index in [2.05, 4.69) is 5.10 Å². The van der Waals surface area contributed by atoms with Crippen LogP contribution in [0.4, 0.5) is 18.9 Å². The lowest BCUT2D eigenvalue weighted by atomic mass is 10.4. The van der Waals surface area contributed by atoms with Crippen molar-refractivity contribution in [3.63, 3.8) is 0 Å². The number of amides is 1. The Morgan fingerprint density at radius 2 is 2.15 bits per heavy atom. The Balaban J connectivity index is 1.98. The highest BCUT2D eigenvalue weighted by Gasteiger charge is 2.30. The summed E-state index contributed by atoms with van der Waals surface area (Å²) >= 11 is 4.29. The summed E-state index contributed by atoms with van der Waals surface area (Å²) < 4.78 is 49.9. The summed E-state index contributed by atoms with van der Waals surface area (Å²) in [5.74, 6) is -1.19. The maximum absolute atomic E-state index is 12.2. The van der Waals surface area contributed by atoms with Crippen molar-refractivity contribution in [1.82, 2.24) is 9.78 Å². The van der Waals surface area contributed by atoms with Crippen LogP contribution in [0.2, 0.25) is 5.15 Å². The van der Waals surface area contributed by atoms with Crippen molar-refractivity contribution in [2.45, 2.75) is 19.0 Å². The van der Waals surface area contributed by atoms with Gasteiger partial charge in [-0.15, -0.1) is 0 Å². The number of pyridine rings is 1. The highest BCUT2D eigenvalue weighted by molar-refractivity contribution is 7.91. The van der Waals surface area contributed by atoms with Crippen LogP contribution in [0.25, 0.3) is 5.69 Å². The SMILES string of the molecule is CN(C(=O)CC[S+]([O-])CCC(F)(F)F)c1cn(-c2ccc[n+]([O-])c2)nc1Cl. The normalized spacial score (nSPS) is 12.8. The molecule has 0 aliphatic carbocycles. The van der Waals surface area contributed by atoms with Crippen LogP contribution in [0, 0.1) is 5.21 Å². The molecule has 0 fully saturated rings. The van der Waals surface area contributed by atoms with E-state index in [1.807, 2.05) is 0 Å². The molecule has 1 atom stereocenters. The van der Waals surface area contributed by atoms with Gasteiger partial charge < -0.3 is 14.7 Å². The van der Waals surface area contributed by atoms with Crippen molar-refractivity contribution in [2.24, 2.45) is 0 Å². The van der Waals surface area contributed by atoms with E-state index in [-0.39, 0.29) is 23.0 Å². The maximum Gasteiger partial charge on any atom is 0.393 e. The zero-order valence-corrected chi connectivity index (χ0v) is 15.7. The third kappa shape index (κ3) is 6.29. The molecule has 0 saturated carbocycles. The summed E-state index contributed by atoms with van der Waals surface area (Å²) in [6, 6.07) is 3.13. The van der Waals surface area contributed by atoms with Gasteiger partial charge in [-0.2, -0.15) is 23.0 Å². The minimum Gasteiger partial charge on any atom is -0.619 e. The lowest BCUT2D eigenvalue weighted by Gasteiger charge is -2.17. The van der Waals surface area contributed by atoms with Crippen LogP contribution in [0.3, 0.4) is 0 Å². The molecule has 2 aromatic heterocycles. The molecule has 7 nitrogen and oxygen atoms in total. The molecule has 0 radical (unpaired) electrons. The van der Waals surface area contributed by atoms with Gasteiger partial charge in [0.25, 0.3) is 0 Å². The number of halogens is 4. The first-order valence-corrected chi connectivity index (χ1v) is 9.56. The topological polar surface area (TPSA) is 88.1 Å². The molecule has 12 heteroatoms. The molecule has 0 saturated heterocycles. The summed E-state index contributed by atoms with van der Waals surface area (Å²) in [4.78, 5) is 13.4. The van der Waals surface area contributed by atoms with Crippen LogP contribution in [-0.2, 0) is 16.0 Å². The molecule has 0 spiro atoms. The van der Waals surface area contributed by atoms with E-state index < -0.39 is 35.4 Å². The summed E-state index contributed by atoms with van der Waals surface area (Å²) in [5, 5.41) is 15.4. The van der Waals surface area contributed by atoms with Crippen molar-refractivity contribution in [2.75, 3.05) is 23.5 Å². The Hall–Kier alpha value is -1.98. The first-order valence-electron chi connectivity index (χ1n) is 7.69. The van der Waals surface area contributed by atoms with Gasteiger partial charge in [-0.25, -0.2) is 4.68 Å². The number of nitrogens with zero attached hydrogens (tertiary/aromatic N) is 4. The average molecular weight is 425 g/mol. The standard InChI is InChI=1S/C15H16ClF3N4O3S/c1-21(13(24)4-7-27(26)8-5-15(17,18)19)12-10-23(20-14(12)16)11-3-2-6-22(25)9-11/h2-3,6,9-10H,4-5,7-8H2,1H3. The molecule has 2 rings (SSSR count). The molecular weight excluding hydrogens is 409 g/mol. The van der Waals surface area contributed by atoms with E-state index >= 15 is 0 Å². The molecule has 1 amide bonds. The predicted molar refractivity (Wildman–Crippen MR) is 94.1 cm³/mol. The van der Waals surface area contributed by atoms with Gasteiger partial charge in [-0.3, -0.25) is 4.79 Å². The molecule has 2 aromatic rings. The fourth-order valence-electron chi connectivity index (χ4n) is 2.11. The second kappa shape index (κ2) is 8.81. The molecule has 0 aliphatic rings. The van der Waals surface area contributed by atoms with E-state index in [9.17, 15) is 27.7 Å². The molecule has 0 aromatic carbocycles. The van der Waals surface area contributed by atoms with E-state index in [4.69, 9.17) is 11.6 Å².